The maximum absolute atomic E-state index is 5.84. The molecule has 0 amide bonds. The molecule has 0 saturated heterocycles. The molecule has 1 heterocycles. The Labute approximate surface area is 72.0 Å². The van der Waals surface area contributed by atoms with E-state index < -0.39 is 0 Å². The SMILES string of the molecule is CCCc1[nH]nc(Cl)c1CC. The van der Waals surface area contributed by atoms with Crippen LogP contribution in [-0.4, -0.2) is 10.2 Å². The Hall–Kier alpha value is -0.500. The molecule has 0 bridgehead atoms. The largest absolute Gasteiger partial charge is 0.281 e. The predicted octanol–water partition coefficient (Wildman–Crippen LogP) is 2.58. The van der Waals surface area contributed by atoms with E-state index >= 15 is 0 Å². The minimum absolute atomic E-state index is 0.635. The summed E-state index contributed by atoms with van der Waals surface area (Å²) < 4.78 is 0. The Bertz CT molecular complexity index is 230. The summed E-state index contributed by atoms with van der Waals surface area (Å²) in [6.07, 6.45) is 3.14. The lowest BCUT2D eigenvalue weighted by atomic mass is 10.1. The lowest BCUT2D eigenvalue weighted by Gasteiger charge is -1.96. The fourth-order valence-corrected chi connectivity index (χ4v) is 1.48. The molecule has 0 aromatic carbocycles. The van der Waals surface area contributed by atoms with Gasteiger partial charge in [0.15, 0.2) is 5.15 Å². The number of hydrogen-bond acceptors (Lipinski definition) is 1. The number of hydrogen-bond donors (Lipinski definition) is 1. The molecule has 1 aromatic heterocycles. The van der Waals surface area contributed by atoms with Gasteiger partial charge in [-0.15, -0.1) is 0 Å². The van der Waals surface area contributed by atoms with Gasteiger partial charge in [-0.1, -0.05) is 31.9 Å². The van der Waals surface area contributed by atoms with Crippen LogP contribution in [0, 0.1) is 0 Å². The number of rotatable bonds is 3. The Morgan fingerprint density at radius 1 is 1.45 bits per heavy atom. The van der Waals surface area contributed by atoms with Crippen LogP contribution in [0.3, 0.4) is 0 Å². The molecule has 0 unspecified atom stereocenters. The fourth-order valence-electron chi connectivity index (χ4n) is 1.19. The maximum Gasteiger partial charge on any atom is 0.154 e. The van der Waals surface area contributed by atoms with Gasteiger partial charge in [0.1, 0.15) is 0 Å². The molecule has 0 fully saturated rings. The highest BCUT2D eigenvalue weighted by molar-refractivity contribution is 6.30. The third-order valence-corrected chi connectivity index (χ3v) is 2.07. The van der Waals surface area contributed by atoms with Crippen molar-refractivity contribution in [2.75, 3.05) is 0 Å². The highest BCUT2D eigenvalue weighted by Crippen LogP contribution is 2.17. The van der Waals surface area contributed by atoms with E-state index in [1.807, 2.05) is 0 Å². The summed E-state index contributed by atoms with van der Waals surface area (Å²) in [5.41, 5.74) is 2.37. The molecule has 1 aromatic rings. The number of H-pyrrole nitrogens is 1. The van der Waals surface area contributed by atoms with Crippen molar-refractivity contribution >= 4 is 11.6 Å². The quantitative estimate of drug-likeness (QED) is 0.746. The van der Waals surface area contributed by atoms with Gasteiger partial charge < -0.3 is 0 Å². The fraction of sp³-hybridized carbons (Fsp3) is 0.625. The van der Waals surface area contributed by atoms with Crippen molar-refractivity contribution < 1.29 is 0 Å². The maximum atomic E-state index is 5.84. The van der Waals surface area contributed by atoms with E-state index in [9.17, 15) is 0 Å². The highest BCUT2D eigenvalue weighted by Gasteiger charge is 2.07. The topological polar surface area (TPSA) is 28.7 Å². The predicted molar refractivity (Wildman–Crippen MR) is 47.0 cm³/mol. The first-order valence-electron chi connectivity index (χ1n) is 4.01. The average molecular weight is 173 g/mol. The molecular formula is C8H13ClN2. The van der Waals surface area contributed by atoms with Crippen LogP contribution in [0.25, 0.3) is 0 Å². The number of halogens is 1. The van der Waals surface area contributed by atoms with Crippen molar-refractivity contribution in [3.8, 4) is 0 Å². The second-order valence-electron chi connectivity index (χ2n) is 2.58. The molecule has 0 aliphatic rings. The molecule has 0 radical (unpaired) electrons. The number of nitrogens with one attached hydrogen (secondary N) is 1. The zero-order chi connectivity index (χ0) is 8.27. The Morgan fingerprint density at radius 2 is 2.18 bits per heavy atom. The Morgan fingerprint density at radius 3 is 2.73 bits per heavy atom. The van der Waals surface area contributed by atoms with Crippen molar-refractivity contribution in [3.05, 3.63) is 16.4 Å². The van der Waals surface area contributed by atoms with Crippen LogP contribution < -0.4 is 0 Å². The summed E-state index contributed by atoms with van der Waals surface area (Å²) in [6, 6.07) is 0. The summed E-state index contributed by atoms with van der Waals surface area (Å²) >= 11 is 5.84. The van der Waals surface area contributed by atoms with Crippen LogP contribution in [0.2, 0.25) is 5.15 Å². The standard InChI is InChI=1S/C8H13ClN2/c1-3-5-7-6(4-2)8(9)11-10-7/h3-5H2,1-2H3,(H,10,11). The van der Waals surface area contributed by atoms with E-state index in [2.05, 4.69) is 24.0 Å². The second-order valence-corrected chi connectivity index (χ2v) is 2.93. The normalized spacial score (nSPS) is 10.5. The Kier molecular flexibility index (Phi) is 2.94. The number of aryl methyl sites for hydroxylation is 1. The van der Waals surface area contributed by atoms with Crippen molar-refractivity contribution in [2.24, 2.45) is 0 Å². The number of aromatic amines is 1. The van der Waals surface area contributed by atoms with Crippen molar-refractivity contribution in [1.29, 1.82) is 0 Å². The first-order valence-corrected chi connectivity index (χ1v) is 4.39. The molecule has 2 nitrogen and oxygen atoms in total. The van der Waals surface area contributed by atoms with Crippen LogP contribution in [-0.2, 0) is 12.8 Å². The molecule has 0 atom stereocenters. The molecule has 3 heteroatoms. The molecule has 0 aliphatic carbocycles. The molecule has 11 heavy (non-hydrogen) atoms. The van der Waals surface area contributed by atoms with Crippen LogP contribution in [0.1, 0.15) is 31.5 Å². The van der Waals surface area contributed by atoms with Gasteiger partial charge in [-0.05, 0) is 12.8 Å². The first kappa shape index (κ1) is 8.60. The van der Waals surface area contributed by atoms with Gasteiger partial charge in [0, 0.05) is 11.3 Å². The molecule has 1 rings (SSSR count). The zero-order valence-electron chi connectivity index (χ0n) is 6.95. The van der Waals surface area contributed by atoms with E-state index in [4.69, 9.17) is 11.6 Å². The highest BCUT2D eigenvalue weighted by atomic mass is 35.5. The lowest BCUT2D eigenvalue weighted by molar-refractivity contribution is 0.854. The van der Waals surface area contributed by atoms with Crippen LogP contribution >= 0.6 is 11.6 Å². The number of nitrogens with zero attached hydrogens (tertiary/aromatic N) is 1. The summed E-state index contributed by atoms with van der Waals surface area (Å²) in [5.74, 6) is 0. The molecule has 62 valence electrons. The molecule has 1 N–H and O–H groups in total. The van der Waals surface area contributed by atoms with Gasteiger partial charge >= 0.3 is 0 Å². The lowest BCUT2D eigenvalue weighted by Crippen LogP contribution is -1.89. The molecule has 0 aliphatic heterocycles. The van der Waals surface area contributed by atoms with E-state index in [1.54, 1.807) is 0 Å². The first-order chi connectivity index (χ1) is 5.29. The van der Waals surface area contributed by atoms with E-state index in [-0.39, 0.29) is 0 Å². The molecule has 0 spiro atoms. The van der Waals surface area contributed by atoms with Crippen LogP contribution in [0.5, 0.6) is 0 Å². The minimum Gasteiger partial charge on any atom is -0.281 e. The van der Waals surface area contributed by atoms with E-state index in [0.717, 1.165) is 19.3 Å². The van der Waals surface area contributed by atoms with Gasteiger partial charge in [0.05, 0.1) is 0 Å². The summed E-state index contributed by atoms with van der Waals surface area (Å²) in [7, 11) is 0. The molecular weight excluding hydrogens is 160 g/mol. The van der Waals surface area contributed by atoms with Gasteiger partial charge in [0.25, 0.3) is 0 Å². The van der Waals surface area contributed by atoms with Crippen molar-refractivity contribution in [2.45, 2.75) is 33.1 Å². The smallest absolute Gasteiger partial charge is 0.154 e. The monoisotopic (exact) mass is 172 g/mol. The number of aromatic nitrogens is 2. The zero-order valence-corrected chi connectivity index (χ0v) is 7.70. The van der Waals surface area contributed by atoms with Gasteiger partial charge in [-0.3, -0.25) is 5.10 Å². The van der Waals surface area contributed by atoms with Crippen LogP contribution in [0.4, 0.5) is 0 Å². The third-order valence-electron chi connectivity index (χ3n) is 1.76. The van der Waals surface area contributed by atoms with Crippen molar-refractivity contribution in [1.82, 2.24) is 10.2 Å². The summed E-state index contributed by atoms with van der Waals surface area (Å²) in [4.78, 5) is 0. The molecule has 0 saturated carbocycles. The third kappa shape index (κ3) is 1.74. The minimum atomic E-state index is 0.635. The summed E-state index contributed by atoms with van der Waals surface area (Å²) in [5, 5.41) is 7.53. The summed E-state index contributed by atoms with van der Waals surface area (Å²) in [6.45, 7) is 4.24. The van der Waals surface area contributed by atoms with E-state index in [1.165, 1.54) is 11.3 Å². The van der Waals surface area contributed by atoms with Gasteiger partial charge in [0.2, 0.25) is 0 Å². The second kappa shape index (κ2) is 3.77. The van der Waals surface area contributed by atoms with Crippen LogP contribution in [0.15, 0.2) is 0 Å². The van der Waals surface area contributed by atoms with Gasteiger partial charge in [-0.2, -0.15) is 5.10 Å². The van der Waals surface area contributed by atoms with Crippen molar-refractivity contribution in [3.63, 3.8) is 0 Å². The Balaban J connectivity index is 2.86. The van der Waals surface area contributed by atoms with E-state index in [0.29, 0.717) is 5.15 Å². The van der Waals surface area contributed by atoms with Gasteiger partial charge in [-0.25, -0.2) is 0 Å². The average Bonchev–Trinajstić information content (AvgIpc) is 2.33.